The molecule has 1 aromatic heterocycles. The molecule has 4 rings (SSSR count). The van der Waals surface area contributed by atoms with Crippen LogP contribution in [0.25, 0.3) is 22.3 Å². The molecular weight excluding hydrogens is 556 g/mol. The minimum absolute atomic E-state index is 0.0217. The number of benzene rings is 3. The number of fused-ring (bicyclic) bond motifs is 1. The van der Waals surface area contributed by atoms with Gasteiger partial charge in [0.05, 0.1) is 33.3 Å². The molecule has 7 heteroatoms. The second-order valence-electron chi connectivity index (χ2n) is 10.7. The quantitative estimate of drug-likeness (QED) is 0.103. The number of methoxy groups -OCH3 is 3. The maximum absolute atomic E-state index is 13.2. The molecular formula is C37H42O7. The van der Waals surface area contributed by atoms with Gasteiger partial charge in [-0.2, -0.15) is 0 Å². The van der Waals surface area contributed by atoms with E-state index in [1.165, 1.54) is 59.0 Å². The Morgan fingerprint density at radius 2 is 1.43 bits per heavy atom. The average molecular weight is 599 g/mol. The number of unbranched alkanes of at least 4 members (excludes halogenated alkanes) is 8. The molecule has 4 aromatic rings. The highest BCUT2D eigenvalue weighted by atomic mass is 16.5. The van der Waals surface area contributed by atoms with Crippen molar-refractivity contribution in [1.29, 1.82) is 0 Å². The smallest absolute Gasteiger partial charge is 0.235 e. The zero-order valence-electron chi connectivity index (χ0n) is 25.9. The molecule has 1 heterocycles. The summed E-state index contributed by atoms with van der Waals surface area (Å²) >= 11 is 0. The van der Waals surface area contributed by atoms with Crippen molar-refractivity contribution in [1.82, 2.24) is 0 Å². The first-order chi connectivity index (χ1) is 21.5. The Labute approximate surface area is 259 Å². The van der Waals surface area contributed by atoms with Crippen LogP contribution in [0.1, 0.15) is 68.9 Å². The summed E-state index contributed by atoms with van der Waals surface area (Å²) in [7, 11) is 4.55. The summed E-state index contributed by atoms with van der Waals surface area (Å²) in [4.78, 5) is 13.2. The molecule has 0 saturated carbocycles. The number of hydrogen-bond acceptors (Lipinski definition) is 7. The van der Waals surface area contributed by atoms with Crippen LogP contribution in [0.2, 0.25) is 0 Å². The van der Waals surface area contributed by atoms with Crippen molar-refractivity contribution in [3.8, 4) is 46.2 Å². The molecule has 0 saturated heterocycles. The molecule has 0 aliphatic carbocycles. The van der Waals surface area contributed by atoms with E-state index < -0.39 is 11.2 Å². The van der Waals surface area contributed by atoms with E-state index in [2.05, 4.69) is 24.0 Å². The van der Waals surface area contributed by atoms with Gasteiger partial charge in [0.15, 0.2) is 28.6 Å². The van der Waals surface area contributed by atoms with Gasteiger partial charge in [-0.05, 0) is 48.7 Å². The molecule has 0 aliphatic heterocycles. The zero-order valence-corrected chi connectivity index (χ0v) is 25.9. The van der Waals surface area contributed by atoms with Crippen molar-refractivity contribution in [2.24, 2.45) is 0 Å². The van der Waals surface area contributed by atoms with Gasteiger partial charge in [-0.3, -0.25) is 4.79 Å². The summed E-state index contributed by atoms with van der Waals surface area (Å²) in [6, 6.07) is 18.7. The van der Waals surface area contributed by atoms with E-state index in [1.54, 1.807) is 30.3 Å². The molecule has 1 N–H and O–H groups in total. The lowest BCUT2D eigenvalue weighted by Crippen LogP contribution is -2.04. The van der Waals surface area contributed by atoms with Crippen molar-refractivity contribution in [2.45, 2.75) is 64.4 Å². The second-order valence-corrected chi connectivity index (χ2v) is 10.7. The maximum atomic E-state index is 13.2. The molecule has 0 fully saturated rings. The molecule has 44 heavy (non-hydrogen) atoms. The fraction of sp³-hybridized carbons (Fsp3) is 0.378. The molecule has 0 spiro atoms. The Bertz CT molecular complexity index is 1610. The van der Waals surface area contributed by atoms with Crippen LogP contribution in [0.3, 0.4) is 0 Å². The highest BCUT2D eigenvalue weighted by molar-refractivity contribution is 5.88. The van der Waals surface area contributed by atoms with Gasteiger partial charge < -0.3 is 28.5 Å². The number of hydrogen-bond donors (Lipinski definition) is 1. The first-order valence-electron chi connectivity index (χ1n) is 15.3. The zero-order chi connectivity index (χ0) is 31.1. The monoisotopic (exact) mass is 598 g/mol. The SMILES string of the molecule is COc1ccc(-c2oc3c(OC)cc(C#CCCCCCCCCCCOCc4ccccc4)cc3c(=O)c2O)cc1OC. The van der Waals surface area contributed by atoms with Crippen LogP contribution in [-0.2, 0) is 11.3 Å². The third-order valence-electron chi connectivity index (χ3n) is 7.48. The van der Waals surface area contributed by atoms with Crippen molar-refractivity contribution in [2.75, 3.05) is 27.9 Å². The van der Waals surface area contributed by atoms with Crippen LogP contribution in [0.5, 0.6) is 23.0 Å². The Morgan fingerprint density at radius 3 is 2.14 bits per heavy atom. The molecule has 0 aliphatic rings. The van der Waals surface area contributed by atoms with E-state index in [1.807, 2.05) is 18.2 Å². The maximum Gasteiger partial charge on any atom is 0.235 e. The molecule has 0 atom stereocenters. The lowest BCUT2D eigenvalue weighted by atomic mass is 10.1. The molecule has 0 amide bonds. The normalized spacial score (nSPS) is 10.8. The van der Waals surface area contributed by atoms with Gasteiger partial charge in [0.1, 0.15) is 0 Å². The summed E-state index contributed by atoms with van der Waals surface area (Å²) in [6.07, 6.45) is 10.2. The van der Waals surface area contributed by atoms with Crippen LogP contribution in [0.15, 0.2) is 69.9 Å². The van der Waals surface area contributed by atoms with E-state index in [9.17, 15) is 9.90 Å². The Kier molecular flexibility index (Phi) is 12.6. The number of ether oxygens (including phenoxy) is 4. The van der Waals surface area contributed by atoms with E-state index in [0.29, 0.717) is 35.0 Å². The van der Waals surface area contributed by atoms with E-state index in [4.69, 9.17) is 23.4 Å². The second kappa shape index (κ2) is 17.0. The minimum Gasteiger partial charge on any atom is -0.502 e. The van der Waals surface area contributed by atoms with Gasteiger partial charge in [-0.25, -0.2) is 0 Å². The third kappa shape index (κ3) is 8.81. The minimum atomic E-state index is -0.558. The van der Waals surface area contributed by atoms with Crippen LogP contribution in [0, 0.1) is 11.8 Å². The summed E-state index contributed by atoms with van der Waals surface area (Å²) in [6.45, 7) is 1.52. The van der Waals surface area contributed by atoms with Crippen molar-refractivity contribution < 1.29 is 28.5 Å². The van der Waals surface area contributed by atoms with Crippen LogP contribution in [0.4, 0.5) is 0 Å². The summed E-state index contributed by atoms with van der Waals surface area (Å²) in [5, 5.41) is 11.0. The first kappa shape index (κ1) is 32.5. The summed E-state index contributed by atoms with van der Waals surface area (Å²) in [5.74, 6) is 7.22. The molecule has 232 valence electrons. The highest BCUT2D eigenvalue weighted by Gasteiger charge is 2.20. The molecule has 3 aromatic carbocycles. The van der Waals surface area contributed by atoms with Crippen LogP contribution >= 0.6 is 0 Å². The topological polar surface area (TPSA) is 87.4 Å². The van der Waals surface area contributed by atoms with Crippen molar-refractivity contribution in [3.63, 3.8) is 0 Å². The molecule has 0 radical (unpaired) electrons. The first-order valence-corrected chi connectivity index (χ1v) is 15.3. The molecule has 0 unspecified atom stereocenters. The largest absolute Gasteiger partial charge is 0.502 e. The Morgan fingerprint density at radius 1 is 0.750 bits per heavy atom. The van der Waals surface area contributed by atoms with E-state index in [0.717, 1.165) is 32.3 Å². The molecule has 0 bridgehead atoms. The number of aromatic hydroxyl groups is 1. The summed E-state index contributed by atoms with van der Waals surface area (Å²) in [5.41, 5.74) is 2.01. The van der Waals surface area contributed by atoms with Gasteiger partial charge in [0, 0.05) is 24.2 Å². The van der Waals surface area contributed by atoms with Crippen molar-refractivity contribution >= 4 is 11.0 Å². The van der Waals surface area contributed by atoms with Gasteiger partial charge in [0.25, 0.3) is 0 Å². The van der Waals surface area contributed by atoms with Gasteiger partial charge in [0.2, 0.25) is 11.2 Å². The van der Waals surface area contributed by atoms with Gasteiger partial charge in [-0.1, -0.05) is 80.7 Å². The van der Waals surface area contributed by atoms with Gasteiger partial charge >= 0.3 is 0 Å². The van der Waals surface area contributed by atoms with E-state index in [-0.39, 0.29) is 16.7 Å². The number of rotatable bonds is 16. The third-order valence-corrected chi connectivity index (χ3v) is 7.48. The van der Waals surface area contributed by atoms with Crippen LogP contribution < -0.4 is 19.6 Å². The summed E-state index contributed by atoms with van der Waals surface area (Å²) < 4.78 is 28.0. The van der Waals surface area contributed by atoms with Crippen LogP contribution in [-0.4, -0.2) is 33.0 Å². The highest BCUT2D eigenvalue weighted by Crippen LogP contribution is 2.38. The Balaban J connectivity index is 1.24. The van der Waals surface area contributed by atoms with Crippen molar-refractivity contribution in [3.05, 3.63) is 82.0 Å². The average Bonchev–Trinajstić information content (AvgIpc) is 3.06. The van der Waals surface area contributed by atoms with E-state index >= 15 is 0 Å². The predicted molar refractivity (Wildman–Crippen MR) is 174 cm³/mol. The lowest BCUT2D eigenvalue weighted by Gasteiger charge is -2.12. The van der Waals surface area contributed by atoms with Gasteiger partial charge in [-0.15, -0.1) is 0 Å². The lowest BCUT2D eigenvalue weighted by molar-refractivity contribution is 0.116. The fourth-order valence-corrected chi connectivity index (χ4v) is 5.06. The Hall–Kier alpha value is -4.41. The molecule has 7 nitrogen and oxygen atoms in total. The standard InChI is InChI=1S/C37H42O7/c1-40-31-21-20-29(25-32(31)41-2)36-35(39)34(38)30-23-28(24-33(42-3)37(30)44-36)19-13-10-8-6-4-5-7-9-11-16-22-43-26-27-17-14-12-15-18-27/h12,14-15,17-18,20-21,23-25,39H,4-11,16,22,26H2,1-3H3. The predicted octanol–water partition coefficient (Wildman–Crippen LogP) is 8.27. The fourth-order valence-electron chi connectivity index (χ4n) is 5.06.